The van der Waals surface area contributed by atoms with Crippen molar-refractivity contribution in [2.45, 2.75) is 27.7 Å². The molecule has 202 valence electrons. The van der Waals surface area contributed by atoms with Crippen molar-refractivity contribution in [2.75, 3.05) is 0 Å². The summed E-state index contributed by atoms with van der Waals surface area (Å²) >= 11 is 0. The van der Waals surface area contributed by atoms with Crippen molar-refractivity contribution in [3.05, 3.63) is 119 Å². The van der Waals surface area contributed by atoms with Crippen LogP contribution in [-0.4, -0.2) is 10.2 Å². The lowest BCUT2D eigenvalue weighted by Gasteiger charge is -2.16. The predicted molar refractivity (Wildman–Crippen MR) is 155 cm³/mol. The molecule has 0 fully saturated rings. The van der Waals surface area contributed by atoms with Crippen molar-refractivity contribution in [1.82, 2.24) is 0 Å². The van der Waals surface area contributed by atoms with Gasteiger partial charge in [-0.1, -0.05) is 12.1 Å². The standard InChI is InChI=1S/C34H30O6/c1-21-11-25(35)17-31(13-21)37-27-7-5-9-29(19-27)39-33-15-23(3)16-34(24(33)4)40-30-10-6-8-28(20-30)38-32-14-22(2)12-26(36)18-32/h5-20,35-36H,1-4H3. The highest BCUT2D eigenvalue weighted by atomic mass is 16.5. The molecule has 0 unspecified atom stereocenters. The lowest BCUT2D eigenvalue weighted by atomic mass is 10.1. The van der Waals surface area contributed by atoms with Gasteiger partial charge in [0.2, 0.25) is 0 Å². The topological polar surface area (TPSA) is 77.4 Å². The van der Waals surface area contributed by atoms with Crippen LogP contribution in [0.3, 0.4) is 0 Å². The van der Waals surface area contributed by atoms with E-state index in [9.17, 15) is 10.2 Å². The lowest BCUT2D eigenvalue weighted by molar-refractivity contribution is 0.439. The van der Waals surface area contributed by atoms with E-state index in [0.29, 0.717) is 46.0 Å². The van der Waals surface area contributed by atoms with Gasteiger partial charge in [-0.15, -0.1) is 0 Å². The third-order valence-electron chi connectivity index (χ3n) is 6.07. The Labute approximate surface area is 233 Å². The van der Waals surface area contributed by atoms with Gasteiger partial charge in [-0.25, -0.2) is 0 Å². The Hall–Kier alpha value is -5.10. The summed E-state index contributed by atoms with van der Waals surface area (Å²) in [6.07, 6.45) is 0. The van der Waals surface area contributed by atoms with Crippen LogP contribution in [0.15, 0.2) is 97.1 Å². The summed E-state index contributed by atoms with van der Waals surface area (Å²) in [6.45, 7) is 7.71. The minimum Gasteiger partial charge on any atom is -0.508 e. The van der Waals surface area contributed by atoms with Crippen molar-refractivity contribution >= 4 is 0 Å². The number of ether oxygens (including phenoxy) is 4. The summed E-state index contributed by atoms with van der Waals surface area (Å²) in [7, 11) is 0. The van der Waals surface area contributed by atoms with Crippen LogP contribution in [0.2, 0.25) is 0 Å². The van der Waals surface area contributed by atoms with Crippen LogP contribution in [-0.2, 0) is 0 Å². The molecule has 0 atom stereocenters. The molecule has 0 aliphatic carbocycles. The average Bonchev–Trinajstić information content (AvgIpc) is 2.86. The fourth-order valence-corrected chi connectivity index (χ4v) is 4.31. The van der Waals surface area contributed by atoms with Crippen molar-refractivity contribution in [2.24, 2.45) is 0 Å². The van der Waals surface area contributed by atoms with E-state index in [2.05, 4.69) is 0 Å². The van der Waals surface area contributed by atoms with E-state index in [-0.39, 0.29) is 11.5 Å². The second kappa shape index (κ2) is 11.3. The average molecular weight is 535 g/mol. The summed E-state index contributed by atoms with van der Waals surface area (Å²) < 4.78 is 24.4. The first-order valence-electron chi connectivity index (χ1n) is 12.8. The molecule has 6 heteroatoms. The van der Waals surface area contributed by atoms with E-state index >= 15 is 0 Å². The highest BCUT2D eigenvalue weighted by Crippen LogP contribution is 2.38. The summed E-state index contributed by atoms with van der Waals surface area (Å²) in [5.41, 5.74) is 3.60. The molecule has 0 saturated carbocycles. The smallest absolute Gasteiger partial charge is 0.134 e. The molecule has 0 aliphatic rings. The molecule has 0 aliphatic heterocycles. The van der Waals surface area contributed by atoms with Gasteiger partial charge in [-0.2, -0.15) is 0 Å². The van der Waals surface area contributed by atoms with Gasteiger partial charge in [0.15, 0.2) is 0 Å². The fraction of sp³-hybridized carbons (Fsp3) is 0.118. The first kappa shape index (κ1) is 26.5. The number of benzene rings is 5. The normalized spacial score (nSPS) is 10.7. The van der Waals surface area contributed by atoms with Gasteiger partial charge in [0.1, 0.15) is 57.5 Å². The molecule has 6 nitrogen and oxygen atoms in total. The molecule has 0 bridgehead atoms. The highest BCUT2D eigenvalue weighted by molar-refractivity contribution is 5.51. The molecule has 5 aromatic carbocycles. The minimum absolute atomic E-state index is 0.150. The predicted octanol–water partition coefficient (Wildman–Crippen LogP) is 9.50. The third-order valence-corrected chi connectivity index (χ3v) is 6.07. The SMILES string of the molecule is Cc1cc(O)cc(Oc2cccc(Oc3cc(C)cc(Oc4cccc(Oc5cc(C)cc(O)c5)c4)c3C)c2)c1. The van der Waals surface area contributed by atoms with Gasteiger partial charge < -0.3 is 29.2 Å². The zero-order valence-electron chi connectivity index (χ0n) is 22.8. The Bertz CT molecular complexity index is 1510. The molecule has 5 aromatic rings. The van der Waals surface area contributed by atoms with Crippen LogP contribution >= 0.6 is 0 Å². The van der Waals surface area contributed by atoms with Gasteiger partial charge in [0.25, 0.3) is 0 Å². The van der Waals surface area contributed by atoms with Crippen LogP contribution in [0.25, 0.3) is 0 Å². The molecule has 2 N–H and O–H groups in total. The Morgan fingerprint density at radius 2 is 0.775 bits per heavy atom. The molecule has 40 heavy (non-hydrogen) atoms. The Morgan fingerprint density at radius 3 is 1.18 bits per heavy atom. The van der Waals surface area contributed by atoms with Crippen molar-refractivity contribution in [3.8, 4) is 57.5 Å². The van der Waals surface area contributed by atoms with Crippen LogP contribution in [0.5, 0.6) is 57.5 Å². The quantitative estimate of drug-likeness (QED) is 0.206. The van der Waals surface area contributed by atoms with E-state index in [0.717, 1.165) is 22.3 Å². The third kappa shape index (κ3) is 6.66. The van der Waals surface area contributed by atoms with Crippen LogP contribution < -0.4 is 18.9 Å². The van der Waals surface area contributed by atoms with Crippen LogP contribution in [0, 0.1) is 27.7 Å². The molecular weight excluding hydrogens is 504 g/mol. The van der Waals surface area contributed by atoms with Crippen molar-refractivity contribution in [3.63, 3.8) is 0 Å². The van der Waals surface area contributed by atoms with Gasteiger partial charge in [0, 0.05) is 29.8 Å². The van der Waals surface area contributed by atoms with Crippen LogP contribution in [0.1, 0.15) is 22.3 Å². The van der Waals surface area contributed by atoms with E-state index in [4.69, 9.17) is 18.9 Å². The summed E-state index contributed by atoms with van der Waals surface area (Å²) in [4.78, 5) is 0. The summed E-state index contributed by atoms with van der Waals surface area (Å²) in [5.74, 6) is 5.08. The van der Waals surface area contributed by atoms with E-state index in [1.807, 2.05) is 88.4 Å². The van der Waals surface area contributed by atoms with Crippen molar-refractivity contribution in [1.29, 1.82) is 0 Å². The van der Waals surface area contributed by atoms with E-state index in [1.54, 1.807) is 36.4 Å². The molecule has 0 saturated heterocycles. The second-order valence-corrected chi connectivity index (χ2v) is 9.75. The lowest BCUT2D eigenvalue weighted by Crippen LogP contribution is -1.94. The van der Waals surface area contributed by atoms with E-state index < -0.39 is 0 Å². The first-order valence-corrected chi connectivity index (χ1v) is 12.8. The summed E-state index contributed by atoms with van der Waals surface area (Å²) in [5, 5.41) is 19.8. The maximum absolute atomic E-state index is 9.88. The largest absolute Gasteiger partial charge is 0.508 e. The van der Waals surface area contributed by atoms with E-state index in [1.165, 1.54) is 0 Å². The minimum atomic E-state index is 0.150. The zero-order chi connectivity index (χ0) is 28.2. The van der Waals surface area contributed by atoms with Gasteiger partial charge in [-0.05, 0) is 105 Å². The number of phenols is 2. The number of aromatic hydroxyl groups is 2. The number of rotatable bonds is 8. The maximum Gasteiger partial charge on any atom is 0.134 e. The molecule has 0 spiro atoms. The van der Waals surface area contributed by atoms with Crippen molar-refractivity contribution < 1.29 is 29.2 Å². The fourth-order valence-electron chi connectivity index (χ4n) is 4.31. The zero-order valence-corrected chi connectivity index (χ0v) is 22.8. The van der Waals surface area contributed by atoms with Gasteiger partial charge in [0.05, 0.1) is 0 Å². The molecule has 0 heterocycles. The number of hydrogen-bond donors (Lipinski definition) is 2. The number of phenolic OH excluding ortho intramolecular Hbond substituents is 2. The molecule has 5 rings (SSSR count). The summed E-state index contributed by atoms with van der Waals surface area (Å²) in [6, 6.07) is 28.8. The second-order valence-electron chi connectivity index (χ2n) is 9.75. The monoisotopic (exact) mass is 534 g/mol. The molecule has 0 amide bonds. The van der Waals surface area contributed by atoms with Gasteiger partial charge in [-0.3, -0.25) is 0 Å². The maximum atomic E-state index is 9.88. The molecule has 0 radical (unpaired) electrons. The number of aryl methyl sites for hydroxylation is 3. The first-order chi connectivity index (χ1) is 19.2. The Kier molecular flexibility index (Phi) is 7.51. The molecule has 0 aromatic heterocycles. The highest BCUT2D eigenvalue weighted by Gasteiger charge is 2.12. The van der Waals surface area contributed by atoms with Crippen LogP contribution in [0.4, 0.5) is 0 Å². The molecular formula is C34H30O6. The Morgan fingerprint density at radius 1 is 0.400 bits per heavy atom. The number of hydrogen-bond acceptors (Lipinski definition) is 6. The Balaban J connectivity index is 1.34. The van der Waals surface area contributed by atoms with Gasteiger partial charge >= 0.3 is 0 Å².